The number of hydrogen-bond acceptors (Lipinski definition) is 6. The fraction of sp³-hybridized carbons (Fsp3) is 0.714. The van der Waals surface area contributed by atoms with Gasteiger partial charge in [0.25, 0.3) is 0 Å². The van der Waals surface area contributed by atoms with Crippen LogP contribution in [0.4, 0.5) is 11.6 Å². The van der Waals surface area contributed by atoms with E-state index < -0.39 is 0 Å². The lowest BCUT2D eigenvalue weighted by atomic mass is 10.2. The van der Waals surface area contributed by atoms with Gasteiger partial charge in [-0.1, -0.05) is 20.3 Å². The Morgan fingerprint density at radius 1 is 1.10 bits per heavy atom. The van der Waals surface area contributed by atoms with Crippen molar-refractivity contribution in [3.63, 3.8) is 0 Å². The van der Waals surface area contributed by atoms with Crippen LogP contribution in [0.5, 0.6) is 0 Å². The molecule has 0 aliphatic rings. The van der Waals surface area contributed by atoms with Crippen LogP contribution in [0.2, 0.25) is 0 Å². The van der Waals surface area contributed by atoms with Crippen LogP contribution in [0.15, 0.2) is 0 Å². The predicted octanol–water partition coefficient (Wildman–Crippen LogP) is 2.25. The third-order valence-electron chi connectivity index (χ3n) is 2.98. The summed E-state index contributed by atoms with van der Waals surface area (Å²) in [7, 11) is 0. The number of aryl methyl sites for hydroxylation is 1. The van der Waals surface area contributed by atoms with Gasteiger partial charge in [0, 0.05) is 25.1 Å². The summed E-state index contributed by atoms with van der Waals surface area (Å²) in [6, 6.07) is 0. The Labute approximate surface area is 121 Å². The smallest absolute Gasteiger partial charge is 0.148 e. The van der Waals surface area contributed by atoms with Gasteiger partial charge in [-0.3, -0.25) is 0 Å². The highest BCUT2D eigenvalue weighted by atomic mass is 16.5. The van der Waals surface area contributed by atoms with E-state index in [1.165, 1.54) is 0 Å². The number of nitrogens with one attached hydrogen (secondary N) is 2. The zero-order chi connectivity index (χ0) is 14.8. The molecule has 0 bridgehead atoms. The van der Waals surface area contributed by atoms with Crippen LogP contribution in [0.1, 0.15) is 44.5 Å². The first-order valence-corrected chi connectivity index (χ1v) is 7.38. The second kappa shape index (κ2) is 9.50. The van der Waals surface area contributed by atoms with Crippen LogP contribution in [0.25, 0.3) is 0 Å². The Kier molecular flexibility index (Phi) is 7.91. The fourth-order valence-electron chi connectivity index (χ4n) is 1.80. The molecular weight excluding hydrogens is 254 g/mol. The molecule has 0 saturated carbocycles. The molecule has 0 aliphatic heterocycles. The van der Waals surface area contributed by atoms with E-state index in [2.05, 4.69) is 34.6 Å². The number of nitrogens with zero attached hydrogens (tertiary/aromatic N) is 2. The van der Waals surface area contributed by atoms with Crippen molar-refractivity contribution in [3.05, 3.63) is 11.4 Å². The topological polar surface area (TPSA) is 85.1 Å². The Morgan fingerprint density at radius 3 is 2.50 bits per heavy atom. The zero-order valence-corrected chi connectivity index (χ0v) is 12.8. The SMILES string of the molecule is CCCCOCCNc1nc(CCC)nc(NN)c1C. The number of hydrazine groups is 1. The van der Waals surface area contributed by atoms with E-state index in [0.717, 1.165) is 56.0 Å². The molecule has 0 fully saturated rings. The molecule has 114 valence electrons. The molecule has 6 heteroatoms. The molecule has 6 nitrogen and oxygen atoms in total. The van der Waals surface area contributed by atoms with E-state index in [9.17, 15) is 0 Å². The molecule has 1 heterocycles. The molecule has 0 atom stereocenters. The van der Waals surface area contributed by atoms with Gasteiger partial charge in [0.05, 0.1) is 6.61 Å². The van der Waals surface area contributed by atoms with E-state index in [-0.39, 0.29) is 0 Å². The monoisotopic (exact) mass is 281 g/mol. The molecule has 1 aromatic heterocycles. The van der Waals surface area contributed by atoms with Crippen molar-refractivity contribution < 1.29 is 4.74 Å². The number of nitrogen functional groups attached to an aromatic ring is 1. The summed E-state index contributed by atoms with van der Waals surface area (Å²) in [6.45, 7) is 8.44. The van der Waals surface area contributed by atoms with Crippen molar-refractivity contribution in [1.82, 2.24) is 9.97 Å². The average molecular weight is 281 g/mol. The van der Waals surface area contributed by atoms with Gasteiger partial charge in [0.2, 0.25) is 0 Å². The maximum Gasteiger partial charge on any atom is 0.148 e. The maximum absolute atomic E-state index is 5.52. The fourth-order valence-corrected chi connectivity index (χ4v) is 1.80. The zero-order valence-electron chi connectivity index (χ0n) is 12.8. The Bertz CT molecular complexity index is 397. The van der Waals surface area contributed by atoms with Crippen LogP contribution >= 0.6 is 0 Å². The Hall–Kier alpha value is -1.40. The third-order valence-corrected chi connectivity index (χ3v) is 2.98. The maximum atomic E-state index is 5.52. The molecule has 0 amide bonds. The first-order valence-electron chi connectivity index (χ1n) is 7.38. The Balaban J connectivity index is 2.56. The molecule has 4 N–H and O–H groups in total. The molecule has 0 radical (unpaired) electrons. The molecule has 0 saturated heterocycles. The third kappa shape index (κ3) is 5.30. The number of nitrogens with two attached hydrogens (primary N) is 1. The number of aromatic nitrogens is 2. The molecule has 20 heavy (non-hydrogen) atoms. The molecular formula is C14H27N5O. The van der Waals surface area contributed by atoms with Crippen molar-refractivity contribution in [1.29, 1.82) is 0 Å². The summed E-state index contributed by atoms with van der Waals surface area (Å²) < 4.78 is 5.52. The van der Waals surface area contributed by atoms with E-state index in [0.29, 0.717) is 12.4 Å². The number of ether oxygens (including phenoxy) is 1. The second-order valence-corrected chi connectivity index (χ2v) is 4.75. The molecule has 0 aromatic carbocycles. The normalized spacial score (nSPS) is 10.6. The van der Waals surface area contributed by atoms with Crippen LogP contribution < -0.4 is 16.6 Å². The number of rotatable bonds is 10. The lowest BCUT2D eigenvalue weighted by Crippen LogP contribution is -2.17. The van der Waals surface area contributed by atoms with E-state index in [1.54, 1.807) is 0 Å². The van der Waals surface area contributed by atoms with Gasteiger partial charge in [-0.05, 0) is 19.8 Å². The number of anilines is 2. The quantitative estimate of drug-likeness (QED) is 0.346. The van der Waals surface area contributed by atoms with Crippen molar-refractivity contribution in [3.8, 4) is 0 Å². The van der Waals surface area contributed by atoms with Gasteiger partial charge in [-0.15, -0.1) is 0 Å². The van der Waals surface area contributed by atoms with Crippen molar-refractivity contribution in [2.75, 3.05) is 30.5 Å². The first kappa shape index (κ1) is 16.7. The van der Waals surface area contributed by atoms with Crippen molar-refractivity contribution in [2.24, 2.45) is 5.84 Å². The van der Waals surface area contributed by atoms with Crippen molar-refractivity contribution in [2.45, 2.75) is 46.5 Å². The van der Waals surface area contributed by atoms with E-state index in [1.807, 2.05) is 6.92 Å². The summed E-state index contributed by atoms with van der Waals surface area (Å²) >= 11 is 0. The van der Waals surface area contributed by atoms with Crippen LogP contribution in [-0.2, 0) is 11.2 Å². The minimum atomic E-state index is 0.679. The van der Waals surface area contributed by atoms with Gasteiger partial charge >= 0.3 is 0 Å². The summed E-state index contributed by atoms with van der Waals surface area (Å²) in [6.07, 6.45) is 4.11. The van der Waals surface area contributed by atoms with Gasteiger partial charge < -0.3 is 15.5 Å². The summed E-state index contributed by atoms with van der Waals surface area (Å²) in [5.74, 6) is 7.82. The lowest BCUT2D eigenvalue weighted by molar-refractivity contribution is 0.141. The van der Waals surface area contributed by atoms with Crippen LogP contribution in [0, 0.1) is 6.92 Å². The van der Waals surface area contributed by atoms with E-state index >= 15 is 0 Å². The van der Waals surface area contributed by atoms with Gasteiger partial charge in [0.1, 0.15) is 17.5 Å². The highest BCUT2D eigenvalue weighted by molar-refractivity contribution is 5.56. The predicted molar refractivity (Wildman–Crippen MR) is 82.8 cm³/mol. The number of unbranched alkanes of at least 4 members (excludes halogenated alkanes) is 1. The lowest BCUT2D eigenvalue weighted by Gasteiger charge is -2.13. The van der Waals surface area contributed by atoms with Crippen LogP contribution in [0.3, 0.4) is 0 Å². The highest BCUT2D eigenvalue weighted by Gasteiger charge is 2.09. The molecule has 0 unspecified atom stereocenters. The van der Waals surface area contributed by atoms with E-state index in [4.69, 9.17) is 10.6 Å². The van der Waals surface area contributed by atoms with Gasteiger partial charge in [0.15, 0.2) is 0 Å². The molecule has 1 aromatic rings. The van der Waals surface area contributed by atoms with Gasteiger partial charge in [-0.2, -0.15) is 0 Å². The molecule has 0 aliphatic carbocycles. The second-order valence-electron chi connectivity index (χ2n) is 4.75. The first-order chi connectivity index (χ1) is 9.72. The number of hydrogen-bond donors (Lipinski definition) is 3. The van der Waals surface area contributed by atoms with Gasteiger partial charge in [-0.25, -0.2) is 15.8 Å². The summed E-state index contributed by atoms with van der Waals surface area (Å²) in [4.78, 5) is 8.92. The highest BCUT2D eigenvalue weighted by Crippen LogP contribution is 2.19. The Morgan fingerprint density at radius 2 is 1.85 bits per heavy atom. The minimum Gasteiger partial charge on any atom is -0.380 e. The largest absolute Gasteiger partial charge is 0.380 e. The minimum absolute atomic E-state index is 0.679. The average Bonchev–Trinajstić information content (AvgIpc) is 2.45. The summed E-state index contributed by atoms with van der Waals surface area (Å²) in [5, 5.41) is 3.29. The summed E-state index contributed by atoms with van der Waals surface area (Å²) in [5.41, 5.74) is 3.56. The molecule has 1 rings (SSSR count). The van der Waals surface area contributed by atoms with Crippen molar-refractivity contribution >= 4 is 11.6 Å². The van der Waals surface area contributed by atoms with Crippen LogP contribution in [-0.4, -0.2) is 29.7 Å². The standard InChI is InChI=1S/C14H27N5O/c1-4-6-9-20-10-8-16-13-11(3)14(19-15)18-12(17-13)7-5-2/h4-10,15H2,1-3H3,(H2,16,17,18,19). The molecule has 0 spiro atoms.